The minimum absolute atomic E-state index is 0.448. The van der Waals surface area contributed by atoms with Gasteiger partial charge >= 0.3 is 0 Å². The number of pyridine rings is 1. The van der Waals surface area contributed by atoms with Crippen LogP contribution in [0.15, 0.2) is 79.1 Å². The molecular formula is C24H24N2. The van der Waals surface area contributed by atoms with Gasteiger partial charge in [0.05, 0.1) is 0 Å². The zero-order valence-electron chi connectivity index (χ0n) is 15.2. The molecule has 1 aromatic heterocycles. The van der Waals surface area contributed by atoms with E-state index in [2.05, 4.69) is 84.0 Å². The van der Waals surface area contributed by atoms with Crippen LogP contribution in [0.5, 0.6) is 0 Å². The Bertz CT molecular complexity index is 912. The highest BCUT2D eigenvalue weighted by Gasteiger charge is 2.17. The van der Waals surface area contributed by atoms with E-state index in [1.54, 1.807) is 0 Å². The molecule has 0 aliphatic carbocycles. The van der Waals surface area contributed by atoms with E-state index in [-0.39, 0.29) is 0 Å². The predicted molar refractivity (Wildman–Crippen MR) is 109 cm³/mol. The normalized spacial score (nSPS) is 17.0. The predicted octanol–water partition coefficient (Wildman–Crippen LogP) is 5.05. The van der Waals surface area contributed by atoms with Gasteiger partial charge in [-0.1, -0.05) is 60.7 Å². The Labute approximate surface area is 155 Å². The van der Waals surface area contributed by atoms with Crippen LogP contribution in [0.25, 0.3) is 16.7 Å². The third kappa shape index (κ3) is 3.76. The lowest BCUT2D eigenvalue weighted by molar-refractivity contribution is 0.532. The van der Waals surface area contributed by atoms with Crippen molar-refractivity contribution in [3.8, 4) is 11.1 Å². The number of hydrogen-bond donors (Lipinski definition) is 1. The Balaban J connectivity index is 1.51. The highest BCUT2D eigenvalue weighted by atomic mass is 14.9. The molecule has 0 radical (unpaired) electrons. The minimum Gasteiger partial charge on any atom is -0.310 e. The third-order valence-corrected chi connectivity index (χ3v) is 5.10. The van der Waals surface area contributed by atoms with Gasteiger partial charge in [0, 0.05) is 30.5 Å². The van der Waals surface area contributed by atoms with Gasteiger partial charge in [-0.15, -0.1) is 0 Å². The first-order valence-electron chi connectivity index (χ1n) is 9.27. The van der Waals surface area contributed by atoms with Crippen LogP contribution in [0.2, 0.25) is 0 Å². The van der Waals surface area contributed by atoms with Crippen LogP contribution >= 0.6 is 0 Å². The van der Waals surface area contributed by atoms with Crippen LogP contribution in [-0.4, -0.2) is 17.6 Å². The average molecular weight is 340 g/mol. The number of nitrogens with zero attached hydrogens (tertiary/aromatic N) is 1. The standard InChI is InChI=1S/C24H24N2/c1-18-7-5-6-10-24(18)22-13-19(16-25-17-22)14-23-15-21(11-12-26-23)20-8-3-2-4-9-20/h2-11,13,16-17,23,26H,12,14-15H2,1H3. The molecule has 2 heteroatoms. The molecule has 1 unspecified atom stereocenters. The molecule has 1 atom stereocenters. The van der Waals surface area contributed by atoms with E-state index in [4.69, 9.17) is 0 Å². The summed E-state index contributed by atoms with van der Waals surface area (Å²) < 4.78 is 0. The van der Waals surface area contributed by atoms with Crippen LogP contribution in [0, 0.1) is 6.92 Å². The fourth-order valence-corrected chi connectivity index (χ4v) is 3.73. The van der Waals surface area contributed by atoms with E-state index in [1.807, 2.05) is 12.4 Å². The van der Waals surface area contributed by atoms with Crippen molar-refractivity contribution in [1.82, 2.24) is 10.3 Å². The van der Waals surface area contributed by atoms with Crippen LogP contribution in [-0.2, 0) is 6.42 Å². The Kier molecular flexibility index (Phi) is 4.94. The molecule has 26 heavy (non-hydrogen) atoms. The molecule has 4 rings (SSSR count). The summed E-state index contributed by atoms with van der Waals surface area (Å²) in [7, 11) is 0. The SMILES string of the molecule is Cc1ccccc1-c1cncc(CC2CC(c3ccccc3)=CCN2)c1. The number of benzene rings is 2. The summed E-state index contributed by atoms with van der Waals surface area (Å²) in [6, 6.07) is 21.9. The van der Waals surface area contributed by atoms with Gasteiger partial charge in [-0.25, -0.2) is 0 Å². The van der Waals surface area contributed by atoms with Gasteiger partial charge < -0.3 is 5.32 Å². The summed E-state index contributed by atoms with van der Waals surface area (Å²) in [4.78, 5) is 4.50. The lowest BCUT2D eigenvalue weighted by Crippen LogP contribution is -2.34. The molecule has 1 aliphatic heterocycles. The first-order chi connectivity index (χ1) is 12.8. The highest BCUT2D eigenvalue weighted by Crippen LogP contribution is 2.26. The molecule has 2 nitrogen and oxygen atoms in total. The molecule has 3 aromatic rings. The number of aromatic nitrogens is 1. The maximum atomic E-state index is 4.50. The lowest BCUT2D eigenvalue weighted by Gasteiger charge is -2.25. The van der Waals surface area contributed by atoms with Crippen molar-refractivity contribution < 1.29 is 0 Å². The van der Waals surface area contributed by atoms with Crippen LogP contribution in [0.4, 0.5) is 0 Å². The summed E-state index contributed by atoms with van der Waals surface area (Å²) in [5.74, 6) is 0. The van der Waals surface area contributed by atoms with E-state index in [9.17, 15) is 0 Å². The fourth-order valence-electron chi connectivity index (χ4n) is 3.73. The fraction of sp³-hybridized carbons (Fsp3) is 0.208. The Hall–Kier alpha value is -2.71. The largest absolute Gasteiger partial charge is 0.310 e. The molecule has 0 fully saturated rings. The smallest absolute Gasteiger partial charge is 0.0346 e. The molecule has 2 aromatic carbocycles. The zero-order valence-corrected chi connectivity index (χ0v) is 15.2. The van der Waals surface area contributed by atoms with Crippen LogP contribution in [0.1, 0.15) is 23.1 Å². The molecule has 0 amide bonds. The van der Waals surface area contributed by atoms with Crippen LogP contribution in [0.3, 0.4) is 0 Å². The quantitative estimate of drug-likeness (QED) is 0.719. The molecule has 0 bridgehead atoms. The van der Waals surface area contributed by atoms with Crippen molar-refractivity contribution in [1.29, 1.82) is 0 Å². The second-order valence-electron chi connectivity index (χ2n) is 7.01. The van der Waals surface area contributed by atoms with Gasteiger partial charge in [0.1, 0.15) is 0 Å². The average Bonchev–Trinajstić information content (AvgIpc) is 2.69. The summed E-state index contributed by atoms with van der Waals surface area (Å²) in [6.07, 6.45) is 8.34. The summed E-state index contributed by atoms with van der Waals surface area (Å²) in [5, 5.41) is 3.63. The van der Waals surface area contributed by atoms with Crippen molar-refractivity contribution in [2.75, 3.05) is 6.54 Å². The number of hydrogen-bond acceptors (Lipinski definition) is 2. The Morgan fingerprint density at radius 3 is 2.62 bits per heavy atom. The molecule has 1 aliphatic rings. The third-order valence-electron chi connectivity index (χ3n) is 5.10. The molecular weight excluding hydrogens is 316 g/mol. The second-order valence-corrected chi connectivity index (χ2v) is 7.01. The first-order valence-corrected chi connectivity index (χ1v) is 9.27. The Morgan fingerprint density at radius 1 is 0.962 bits per heavy atom. The highest BCUT2D eigenvalue weighted by molar-refractivity contribution is 5.68. The van der Waals surface area contributed by atoms with E-state index in [1.165, 1.54) is 33.4 Å². The Morgan fingerprint density at radius 2 is 1.77 bits per heavy atom. The van der Waals surface area contributed by atoms with Crippen molar-refractivity contribution in [3.63, 3.8) is 0 Å². The summed E-state index contributed by atoms with van der Waals surface area (Å²) in [6.45, 7) is 3.08. The van der Waals surface area contributed by atoms with Gasteiger partial charge in [-0.2, -0.15) is 0 Å². The summed E-state index contributed by atoms with van der Waals surface area (Å²) >= 11 is 0. The van der Waals surface area contributed by atoms with Crippen molar-refractivity contribution in [2.24, 2.45) is 0 Å². The molecule has 0 saturated carbocycles. The topological polar surface area (TPSA) is 24.9 Å². The van der Waals surface area contributed by atoms with Gasteiger partial charge in [0.25, 0.3) is 0 Å². The molecule has 1 N–H and O–H groups in total. The molecule has 2 heterocycles. The van der Waals surface area contributed by atoms with Gasteiger partial charge in [0.15, 0.2) is 0 Å². The van der Waals surface area contributed by atoms with E-state index in [0.29, 0.717) is 6.04 Å². The van der Waals surface area contributed by atoms with Gasteiger partial charge in [-0.3, -0.25) is 4.98 Å². The van der Waals surface area contributed by atoms with Crippen LogP contribution < -0.4 is 5.32 Å². The van der Waals surface area contributed by atoms with Gasteiger partial charge in [-0.05, 0) is 53.7 Å². The summed E-state index contributed by atoms with van der Waals surface area (Å²) in [5.41, 5.74) is 7.83. The zero-order chi connectivity index (χ0) is 17.8. The minimum atomic E-state index is 0.448. The second kappa shape index (κ2) is 7.67. The molecule has 0 spiro atoms. The molecule has 130 valence electrons. The van der Waals surface area contributed by atoms with Crippen molar-refractivity contribution >= 4 is 5.57 Å². The van der Waals surface area contributed by atoms with E-state index >= 15 is 0 Å². The van der Waals surface area contributed by atoms with Crippen molar-refractivity contribution in [3.05, 3.63) is 95.8 Å². The lowest BCUT2D eigenvalue weighted by atomic mass is 9.91. The van der Waals surface area contributed by atoms with Gasteiger partial charge in [0.2, 0.25) is 0 Å². The number of rotatable bonds is 4. The molecule has 0 saturated heterocycles. The maximum Gasteiger partial charge on any atom is 0.0346 e. The monoisotopic (exact) mass is 340 g/mol. The van der Waals surface area contributed by atoms with Crippen molar-refractivity contribution in [2.45, 2.75) is 25.8 Å². The number of aryl methyl sites for hydroxylation is 1. The number of nitrogens with one attached hydrogen (secondary N) is 1. The maximum absolute atomic E-state index is 4.50. The first kappa shape index (κ1) is 16.7. The van der Waals surface area contributed by atoms with E-state index < -0.39 is 0 Å². The van der Waals surface area contributed by atoms with E-state index in [0.717, 1.165) is 19.4 Å².